The summed E-state index contributed by atoms with van der Waals surface area (Å²) in [5.74, 6) is 0.422. The minimum Gasteiger partial charge on any atom is -0.379 e. The molecule has 0 aromatic carbocycles. The maximum Gasteiger partial charge on any atom is 0.226 e. The van der Waals surface area contributed by atoms with Gasteiger partial charge in [0, 0.05) is 32.0 Å². The van der Waals surface area contributed by atoms with Gasteiger partial charge in [0.15, 0.2) is 0 Å². The number of amides is 1. The minimum atomic E-state index is 0.128. The molecule has 4 nitrogen and oxygen atoms in total. The molecule has 1 aliphatic heterocycles. The summed E-state index contributed by atoms with van der Waals surface area (Å²) < 4.78 is 5.61. The summed E-state index contributed by atoms with van der Waals surface area (Å²) in [6.07, 6.45) is 11.5. The summed E-state index contributed by atoms with van der Waals surface area (Å²) in [5.41, 5.74) is 1.16. The Morgan fingerprint density at radius 1 is 1.43 bits per heavy atom. The lowest BCUT2D eigenvalue weighted by atomic mass is 10.0. The number of pyridine rings is 1. The third-order valence-corrected chi connectivity index (χ3v) is 4.59. The lowest BCUT2D eigenvalue weighted by Gasteiger charge is -2.29. The molecule has 2 atom stereocenters. The Kier molecular flexibility index (Phi) is 4.34. The average Bonchev–Trinajstić information content (AvgIpc) is 3.17. The van der Waals surface area contributed by atoms with E-state index < -0.39 is 0 Å². The van der Waals surface area contributed by atoms with Crippen molar-refractivity contribution >= 4 is 5.91 Å². The van der Waals surface area contributed by atoms with Gasteiger partial charge in [-0.25, -0.2) is 0 Å². The number of carbonyl (C=O) groups excluding carboxylic acids is 1. The first kappa shape index (κ1) is 14.3. The fraction of sp³-hybridized carbons (Fsp3) is 0.529. The van der Waals surface area contributed by atoms with Crippen LogP contribution in [0.15, 0.2) is 36.7 Å². The summed E-state index contributed by atoms with van der Waals surface area (Å²) in [6, 6.07) is 4.14. The molecule has 112 valence electrons. The number of carbonyl (C=O) groups is 1. The molecule has 0 unspecified atom stereocenters. The van der Waals surface area contributed by atoms with Gasteiger partial charge in [-0.15, -0.1) is 0 Å². The molecule has 0 saturated carbocycles. The molecular weight excluding hydrogens is 264 g/mol. The molecule has 0 N–H and O–H groups in total. The van der Waals surface area contributed by atoms with E-state index in [-0.39, 0.29) is 24.0 Å². The number of nitrogens with zero attached hydrogens (tertiary/aromatic N) is 2. The fourth-order valence-electron chi connectivity index (χ4n) is 3.43. The highest BCUT2D eigenvalue weighted by Crippen LogP contribution is 2.29. The number of allylic oxidation sites excluding steroid dienone is 2. The van der Waals surface area contributed by atoms with Crippen LogP contribution in [0.25, 0.3) is 0 Å². The van der Waals surface area contributed by atoms with Crippen molar-refractivity contribution in [1.29, 1.82) is 0 Å². The van der Waals surface area contributed by atoms with E-state index in [1.165, 1.54) is 0 Å². The third kappa shape index (κ3) is 3.00. The first-order chi connectivity index (χ1) is 10.3. The van der Waals surface area contributed by atoms with Gasteiger partial charge in [0.05, 0.1) is 12.1 Å². The van der Waals surface area contributed by atoms with Crippen LogP contribution in [0.3, 0.4) is 0 Å². The van der Waals surface area contributed by atoms with Crippen molar-refractivity contribution in [3.05, 3.63) is 42.2 Å². The lowest BCUT2D eigenvalue weighted by molar-refractivity contribution is -0.137. The molecule has 1 aliphatic carbocycles. The van der Waals surface area contributed by atoms with E-state index in [1.54, 1.807) is 13.3 Å². The van der Waals surface area contributed by atoms with E-state index in [9.17, 15) is 4.79 Å². The summed E-state index contributed by atoms with van der Waals surface area (Å²) in [4.78, 5) is 18.9. The monoisotopic (exact) mass is 286 g/mol. The van der Waals surface area contributed by atoms with Crippen LogP contribution in [0.1, 0.15) is 24.8 Å². The average molecular weight is 286 g/mol. The number of methoxy groups -OCH3 is 1. The molecule has 1 amide bonds. The molecule has 2 heterocycles. The highest BCUT2D eigenvalue weighted by Gasteiger charge is 2.39. The van der Waals surface area contributed by atoms with Gasteiger partial charge in [0.1, 0.15) is 0 Å². The van der Waals surface area contributed by atoms with E-state index in [0.717, 1.165) is 37.8 Å². The number of hydrogen-bond acceptors (Lipinski definition) is 3. The number of likely N-dealkylation sites (tertiary alicyclic amines) is 1. The maximum absolute atomic E-state index is 12.7. The first-order valence-corrected chi connectivity index (χ1v) is 7.66. The molecule has 1 fully saturated rings. The molecular formula is C17H22N2O2. The lowest BCUT2D eigenvalue weighted by Crippen LogP contribution is -2.44. The molecule has 1 saturated heterocycles. The van der Waals surface area contributed by atoms with Gasteiger partial charge in [-0.1, -0.05) is 18.2 Å². The summed E-state index contributed by atoms with van der Waals surface area (Å²) >= 11 is 0. The van der Waals surface area contributed by atoms with Gasteiger partial charge in [0.25, 0.3) is 0 Å². The molecule has 21 heavy (non-hydrogen) atoms. The molecule has 0 bridgehead atoms. The Bertz CT molecular complexity index is 507. The standard InChI is InChI=1S/C17H22N2O2/c1-21-16-8-10-19(17(20)14-6-2-3-7-14)15(16)11-13-5-4-9-18-12-13/h2-5,9,12,14-16H,6-8,10-11H2,1H3/t15-,16-/m0/s1. The first-order valence-electron chi connectivity index (χ1n) is 7.66. The highest BCUT2D eigenvalue weighted by molar-refractivity contribution is 5.80. The SMILES string of the molecule is CO[C@H]1CCN(C(=O)C2CC=CC2)[C@H]1Cc1cccnc1. The van der Waals surface area contributed by atoms with Crippen molar-refractivity contribution in [2.45, 2.75) is 37.8 Å². The predicted molar refractivity (Wildman–Crippen MR) is 80.7 cm³/mol. The Morgan fingerprint density at radius 2 is 2.24 bits per heavy atom. The van der Waals surface area contributed by atoms with Crippen LogP contribution in [0.4, 0.5) is 0 Å². The largest absolute Gasteiger partial charge is 0.379 e. The zero-order valence-electron chi connectivity index (χ0n) is 12.4. The van der Waals surface area contributed by atoms with E-state index in [2.05, 4.69) is 23.2 Å². The fourth-order valence-corrected chi connectivity index (χ4v) is 3.43. The normalized spacial score (nSPS) is 25.7. The van der Waals surface area contributed by atoms with Crippen LogP contribution < -0.4 is 0 Å². The Morgan fingerprint density at radius 3 is 2.90 bits per heavy atom. The van der Waals surface area contributed by atoms with Crippen molar-refractivity contribution in [2.24, 2.45) is 5.92 Å². The van der Waals surface area contributed by atoms with E-state index in [0.29, 0.717) is 0 Å². The van der Waals surface area contributed by atoms with Gasteiger partial charge in [0.2, 0.25) is 5.91 Å². The maximum atomic E-state index is 12.7. The van der Waals surface area contributed by atoms with Gasteiger partial charge in [-0.05, 0) is 37.3 Å². The quantitative estimate of drug-likeness (QED) is 0.797. The molecule has 1 aromatic rings. The second kappa shape index (κ2) is 6.39. The number of rotatable bonds is 4. The van der Waals surface area contributed by atoms with Crippen LogP contribution in [0, 0.1) is 5.92 Å². The van der Waals surface area contributed by atoms with E-state index >= 15 is 0 Å². The van der Waals surface area contributed by atoms with Crippen molar-refractivity contribution < 1.29 is 9.53 Å². The Balaban J connectivity index is 1.74. The smallest absolute Gasteiger partial charge is 0.226 e. The zero-order valence-corrected chi connectivity index (χ0v) is 12.4. The predicted octanol–water partition coefficient (Wildman–Crippen LogP) is 2.21. The van der Waals surface area contributed by atoms with Crippen LogP contribution >= 0.6 is 0 Å². The van der Waals surface area contributed by atoms with E-state index in [1.807, 2.05) is 17.2 Å². The van der Waals surface area contributed by atoms with Gasteiger partial charge in [-0.2, -0.15) is 0 Å². The molecule has 0 radical (unpaired) electrons. The van der Waals surface area contributed by atoms with Crippen LogP contribution in [-0.2, 0) is 16.0 Å². The van der Waals surface area contributed by atoms with Crippen molar-refractivity contribution in [2.75, 3.05) is 13.7 Å². The molecule has 4 heteroatoms. The molecule has 3 rings (SSSR count). The highest BCUT2D eigenvalue weighted by atomic mass is 16.5. The Hall–Kier alpha value is -1.68. The minimum absolute atomic E-state index is 0.128. The summed E-state index contributed by atoms with van der Waals surface area (Å²) in [5, 5.41) is 0. The van der Waals surface area contributed by atoms with Crippen molar-refractivity contribution in [3.8, 4) is 0 Å². The molecule has 1 aromatic heterocycles. The summed E-state index contributed by atoms with van der Waals surface area (Å²) in [7, 11) is 1.74. The van der Waals surface area contributed by atoms with Gasteiger partial charge < -0.3 is 9.64 Å². The zero-order chi connectivity index (χ0) is 14.7. The molecule has 2 aliphatic rings. The number of hydrogen-bond donors (Lipinski definition) is 0. The topological polar surface area (TPSA) is 42.4 Å². The van der Waals surface area contributed by atoms with Crippen LogP contribution in [0.2, 0.25) is 0 Å². The van der Waals surface area contributed by atoms with E-state index in [4.69, 9.17) is 4.74 Å². The van der Waals surface area contributed by atoms with Crippen molar-refractivity contribution in [3.63, 3.8) is 0 Å². The van der Waals surface area contributed by atoms with Crippen LogP contribution in [0.5, 0.6) is 0 Å². The second-order valence-corrected chi connectivity index (χ2v) is 5.87. The van der Waals surface area contributed by atoms with Gasteiger partial charge >= 0.3 is 0 Å². The third-order valence-electron chi connectivity index (χ3n) is 4.59. The second-order valence-electron chi connectivity index (χ2n) is 5.87. The van der Waals surface area contributed by atoms with Crippen molar-refractivity contribution in [1.82, 2.24) is 9.88 Å². The summed E-state index contributed by atoms with van der Waals surface area (Å²) in [6.45, 7) is 0.804. The van der Waals surface area contributed by atoms with Crippen LogP contribution in [-0.4, -0.2) is 41.6 Å². The Labute approximate surface area is 125 Å². The number of ether oxygens (including phenoxy) is 1. The van der Waals surface area contributed by atoms with Gasteiger partial charge in [-0.3, -0.25) is 9.78 Å². The number of aromatic nitrogens is 1. The molecule has 0 spiro atoms.